The van der Waals surface area contributed by atoms with E-state index in [1.807, 2.05) is 36.4 Å². The molecule has 0 atom stereocenters. The van der Waals surface area contributed by atoms with Crippen molar-refractivity contribution in [3.8, 4) is 11.5 Å². The zero-order valence-electron chi connectivity index (χ0n) is 18.3. The third-order valence-electron chi connectivity index (χ3n) is 6.21. The maximum atomic E-state index is 11.6. The van der Waals surface area contributed by atoms with Crippen molar-refractivity contribution in [3.63, 3.8) is 0 Å². The molecule has 1 saturated heterocycles. The van der Waals surface area contributed by atoms with Gasteiger partial charge >= 0.3 is 5.97 Å². The Balaban J connectivity index is 1.20. The number of aromatic nitrogens is 2. The van der Waals surface area contributed by atoms with E-state index in [1.165, 1.54) is 21.6 Å². The van der Waals surface area contributed by atoms with Crippen molar-refractivity contribution in [1.82, 2.24) is 14.3 Å². The van der Waals surface area contributed by atoms with Crippen LogP contribution in [0, 0.1) is 0 Å². The number of aromatic carboxylic acids is 1. The molecule has 2 aromatic heterocycles. The predicted octanol–water partition coefficient (Wildman–Crippen LogP) is 6.51. The second-order valence-corrected chi connectivity index (χ2v) is 9.41. The maximum Gasteiger partial charge on any atom is 0.353 e. The lowest BCUT2D eigenvalue weighted by Crippen LogP contribution is -2.32. The van der Waals surface area contributed by atoms with Gasteiger partial charge < -0.3 is 9.84 Å². The Bertz CT molecular complexity index is 1310. The van der Waals surface area contributed by atoms with Gasteiger partial charge in [-0.25, -0.2) is 9.78 Å². The van der Waals surface area contributed by atoms with Gasteiger partial charge in [-0.15, -0.1) is 0 Å². The van der Waals surface area contributed by atoms with Gasteiger partial charge in [-0.1, -0.05) is 35.3 Å². The maximum absolute atomic E-state index is 11.6. The number of hydrogen-bond acceptors (Lipinski definition) is 4. The minimum atomic E-state index is -1.04. The summed E-state index contributed by atoms with van der Waals surface area (Å²) < 4.78 is 7.44. The van der Waals surface area contributed by atoms with Crippen molar-refractivity contribution in [2.24, 2.45) is 0 Å². The van der Waals surface area contributed by atoms with Gasteiger partial charge in [0.25, 0.3) is 0 Å². The molecule has 0 spiro atoms. The second kappa shape index (κ2) is 9.66. The number of carboxylic acids is 1. The van der Waals surface area contributed by atoms with Crippen LogP contribution in [0.15, 0.2) is 67.0 Å². The number of carboxylic acid groups (broad SMARTS) is 1. The van der Waals surface area contributed by atoms with Crippen molar-refractivity contribution < 1.29 is 14.6 Å². The largest absolute Gasteiger partial charge is 0.477 e. The first-order chi connectivity index (χ1) is 16.4. The Morgan fingerprint density at radius 3 is 2.38 bits per heavy atom. The SMILES string of the molecule is O=C(O)c1cc(Oc2ccc(CN3CCC(c4cc(Cl)cc(Cl)c4)CC3)cc2)cc2nccn12. The summed E-state index contributed by atoms with van der Waals surface area (Å²) in [5.41, 5.74) is 3.05. The average molecular weight is 496 g/mol. The molecule has 0 amide bonds. The summed E-state index contributed by atoms with van der Waals surface area (Å²) in [6.07, 6.45) is 5.32. The number of likely N-dealkylation sites (tertiary alicyclic amines) is 1. The summed E-state index contributed by atoms with van der Waals surface area (Å²) in [6, 6.07) is 17.0. The summed E-state index contributed by atoms with van der Waals surface area (Å²) in [5.74, 6) is 0.525. The van der Waals surface area contributed by atoms with E-state index in [0.29, 0.717) is 33.1 Å². The molecule has 1 N–H and O–H groups in total. The van der Waals surface area contributed by atoms with Crippen LogP contribution in [-0.2, 0) is 6.54 Å². The van der Waals surface area contributed by atoms with Gasteiger partial charge in [0.2, 0.25) is 0 Å². The van der Waals surface area contributed by atoms with Gasteiger partial charge in [-0.05, 0) is 73.3 Å². The van der Waals surface area contributed by atoms with Crippen molar-refractivity contribution in [1.29, 1.82) is 0 Å². The van der Waals surface area contributed by atoms with Crippen LogP contribution < -0.4 is 4.74 Å². The highest BCUT2D eigenvalue weighted by molar-refractivity contribution is 6.34. The summed E-state index contributed by atoms with van der Waals surface area (Å²) in [7, 11) is 0. The number of ether oxygens (including phenoxy) is 1. The first-order valence-electron chi connectivity index (χ1n) is 11.1. The molecule has 1 aliphatic heterocycles. The van der Waals surface area contributed by atoms with E-state index in [0.717, 1.165) is 32.5 Å². The number of benzene rings is 2. The molecule has 0 saturated carbocycles. The standard InChI is InChI=1S/C26H23Cl2N3O3/c27-20-11-19(12-21(28)13-20)18-5-8-30(9-6-18)16-17-1-3-22(4-2-17)34-23-14-24(26(32)33)31-10-7-29-25(31)15-23/h1-4,7,10-15,18H,5-6,8-9,16H2,(H,32,33). The second-order valence-electron chi connectivity index (χ2n) is 8.54. The van der Waals surface area contributed by atoms with Crippen LogP contribution in [0.1, 0.15) is 40.4 Å². The van der Waals surface area contributed by atoms with E-state index in [4.69, 9.17) is 27.9 Å². The lowest BCUT2D eigenvalue weighted by molar-refractivity contribution is 0.0688. The number of imidazole rings is 1. The van der Waals surface area contributed by atoms with Gasteiger partial charge in [-0.3, -0.25) is 9.30 Å². The van der Waals surface area contributed by atoms with E-state index in [1.54, 1.807) is 24.5 Å². The molecule has 0 aliphatic carbocycles. The molecule has 2 aromatic carbocycles. The number of halogens is 2. The molecular weight excluding hydrogens is 473 g/mol. The Morgan fingerprint density at radius 2 is 1.71 bits per heavy atom. The Morgan fingerprint density at radius 1 is 1.00 bits per heavy atom. The van der Waals surface area contributed by atoms with Gasteiger partial charge in [-0.2, -0.15) is 0 Å². The fraction of sp³-hybridized carbons (Fsp3) is 0.231. The Labute approximate surface area is 207 Å². The van der Waals surface area contributed by atoms with Crippen molar-refractivity contribution in [3.05, 3.63) is 93.9 Å². The van der Waals surface area contributed by atoms with Crippen LogP contribution in [0.2, 0.25) is 10.0 Å². The zero-order chi connectivity index (χ0) is 23.7. The quantitative estimate of drug-likeness (QED) is 0.330. The molecule has 174 valence electrons. The van der Waals surface area contributed by atoms with E-state index in [2.05, 4.69) is 9.88 Å². The number of nitrogens with zero attached hydrogens (tertiary/aromatic N) is 3. The minimum Gasteiger partial charge on any atom is -0.477 e. The van der Waals surface area contributed by atoms with E-state index < -0.39 is 5.97 Å². The monoisotopic (exact) mass is 495 g/mol. The highest BCUT2D eigenvalue weighted by atomic mass is 35.5. The molecule has 0 unspecified atom stereocenters. The van der Waals surface area contributed by atoms with E-state index in [9.17, 15) is 9.90 Å². The van der Waals surface area contributed by atoms with Crippen LogP contribution in [0.25, 0.3) is 5.65 Å². The zero-order valence-corrected chi connectivity index (χ0v) is 19.8. The predicted molar refractivity (Wildman–Crippen MR) is 132 cm³/mol. The molecule has 34 heavy (non-hydrogen) atoms. The van der Waals surface area contributed by atoms with E-state index in [-0.39, 0.29) is 5.69 Å². The molecule has 8 heteroatoms. The normalized spacial score (nSPS) is 15.0. The lowest BCUT2D eigenvalue weighted by atomic mass is 9.89. The highest BCUT2D eigenvalue weighted by Crippen LogP contribution is 2.32. The number of fused-ring (bicyclic) bond motifs is 1. The molecule has 6 nitrogen and oxygen atoms in total. The summed E-state index contributed by atoms with van der Waals surface area (Å²) in [5, 5.41) is 10.9. The van der Waals surface area contributed by atoms with E-state index >= 15 is 0 Å². The van der Waals surface area contributed by atoms with Crippen molar-refractivity contribution >= 4 is 34.8 Å². The van der Waals surface area contributed by atoms with Gasteiger partial charge in [0.05, 0.1) is 0 Å². The molecule has 0 radical (unpaired) electrons. The van der Waals surface area contributed by atoms with Gasteiger partial charge in [0.15, 0.2) is 0 Å². The molecular formula is C26H23Cl2N3O3. The fourth-order valence-electron chi connectivity index (χ4n) is 4.51. The van der Waals surface area contributed by atoms with Crippen LogP contribution in [-0.4, -0.2) is 38.4 Å². The topological polar surface area (TPSA) is 67.1 Å². The smallest absolute Gasteiger partial charge is 0.353 e. The van der Waals surface area contributed by atoms with Crippen molar-refractivity contribution in [2.75, 3.05) is 13.1 Å². The summed E-state index contributed by atoms with van der Waals surface area (Å²) >= 11 is 12.4. The van der Waals surface area contributed by atoms with Gasteiger partial charge in [0.1, 0.15) is 22.8 Å². The first kappa shape index (κ1) is 22.7. The summed E-state index contributed by atoms with van der Waals surface area (Å²) in [6.45, 7) is 2.89. The lowest BCUT2D eigenvalue weighted by Gasteiger charge is -2.32. The third kappa shape index (κ3) is 5.04. The molecule has 1 fully saturated rings. The number of hydrogen-bond donors (Lipinski definition) is 1. The van der Waals surface area contributed by atoms with Crippen molar-refractivity contribution in [2.45, 2.75) is 25.3 Å². The van der Waals surface area contributed by atoms with Crippen LogP contribution >= 0.6 is 23.2 Å². The first-order valence-corrected chi connectivity index (χ1v) is 11.9. The van der Waals surface area contributed by atoms with Gasteiger partial charge in [0, 0.05) is 41.1 Å². The molecule has 5 rings (SSSR count). The number of piperidine rings is 1. The Kier molecular flexibility index (Phi) is 6.46. The number of carbonyl (C=O) groups is 1. The van der Waals surface area contributed by atoms with Crippen LogP contribution in [0.5, 0.6) is 11.5 Å². The number of pyridine rings is 1. The molecule has 0 bridgehead atoms. The molecule has 3 heterocycles. The Hall–Kier alpha value is -3.06. The summed E-state index contributed by atoms with van der Waals surface area (Å²) in [4.78, 5) is 18.2. The van der Waals surface area contributed by atoms with Crippen LogP contribution in [0.4, 0.5) is 0 Å². The fourth-order valence-corrected chi connectivity index (χ4v) is 5.06. The molecule has 4 aromatic rings. The average Bonchev–Trinajstić information content (AvgIpc) is 3.28. The molecule has 1 aliphatic rings. The number of rotatable bonds is 6. The third-order valence-corrected chi connectivity index (χ3v) is 6.64. The minimum absolute atomic E-state index is 0.102. The van der Waals surface area contributed by atoms with Crippen LogP contribution in [0.3, 0.4) is 0 Å². The highest BCUT2D eigenvalue weighted by Gasteiger charge is 2.21.